The summed E-state index contributed by atoms with van der Waals surface area (Å²) < 4.78 is 40.3. The maximum Gasteiger partial charge on any atom is 0.218 e. The lowest BCUT2D eigenvalue weighted by Gasteiger charge is -2.43. The Hall–Kier alpha value is -1.81. The summed E-state index contributed by atoms with van der Waals surface area (Å²) >= 11 is 0. The Morgan fingerprint density at radius 1 is 1.22 bits per heavy atom. The summed E-state index contributed by atoms with van der Waals surface area (Å²) in [6, 6.07) is 9.30. The lowest BCUT2D eigenvalue weighted by molar-refractivity contribution is -0.117. The molecule has 146 valence electrons. The molecule has 1 fully saturated rings. The SMILES string of the molecule is COCc1nnn2c1COC1(CCN(S(=O)(=O)Cc3ccccc3)CC1)C2. The van der Waals surface area contributed by atoms with Gasteiger partial charge in [-0.25, -0.2) is 17.4 Å². The number of fused-ring (bicyclic) bond motifs is 1. The van der Waals surface area contributed by atoms with Crippen molar-refractivity contribution in [3.63, 3.8) is 0 Å². The largest absolute Gasteiger partial charge is 0.378 e. The van der Waals surface area contributed by atoms with Crippen molar-refractivity contribution in [2.45, 2.75) is 44.0 Å². The number of ether oxygens (including phenoxy) is 2. The van der Waals surface area contributed by atoms with Crippen LogP contribution in [-0.2, 0) is 45.0 Å². The molecule has 1 aromatic carbocycles. The molecule has 0 amide bonds. The molecular formula is C18H24N4O4S. The van der Waals surface area contributed by atoms with Gasteiger partial charge in [0.2, 0.25) is 10.0 Å². The van der Waals surface area contributed by atoms with Crippen LogP contribution in [0.1, 0.15) is 29.8 Å². The van der Waals surface area contributed by atoms with Crippen molar-refractivity contribution in [1.82, 2.24) is 19.3 Å². The van der Waals surface area contributed by atoms with Gasteiger partial charge in [0, 0.05) is 20.2 Å². The van der Waals surface area contributed by atoms with E-state index in [1.165, 1.54) is 0 Å². The third kappa shape index (κ3) is 3.77. The number of hydrogen-bond acceptors (Lipinski definition) is 6. The highest BCUT2D eigenvalue weighted by molar-refractivity contribution is 7.88. The molecule has 3 heterocycles. The Bertz CT molecular complexity index is 889. The fraction of sp³-hybridized carbons (Fsp3) is 0.556. The van der Waals surface area contributed by atoms with Crippen molar-refractivity contribution in [1.29, 1.82) is 0 Å². The van der Waals surface area contributed by atoms with E-state index in [4.69, 9.17) is 9.47 Å². The topological polar surface area (TPSA) is 86.6 Å². The fourth-order valence-electron chi connectivity index (χ4n) is 3.79. The van der Waals surface area contributed by atoms with Gasteiger partial charge in [-0.05, 0) is 18.4 Å². The van der Waals surface area contributed by atoms with Gasteiger partial charge in [0.25, 0.3) is 0 Å². The minimum Gasteiger partial charge on any atom is -0.378 e. The zero-order valence-electron chi connectivity index (χ0n) is 15.4. The second-order valence-corrected chi connectivity index (χ2v) is 9.15. The highest BCUT2D eigenvalue weighted by Gasteiger charge is 2.42. The highest BCUT2D eigenvalue weighted by Crippen LogP contribution is 2.34. The van der Waals surface area contributed by atoms with Gasteiger partial charge in [0.15, 0.2) is 0 Å². The minimum atomic E-state index is -3.33. The second-order valence-electron chi connectivity index (χ2n) is 7.19. The predicted octanol–water partition coefficient (Wildman–Crippen LogP) is 1.32. The van der Waals surface area contributed by atoms with Gasteiger partial charge in [-0.1, -0.05) is 35.5 Å². The predicted molar refractivity (Wildman–Crippen MR) is 98.1 cm³/mol. The molecule has 8 nitrogen and oxygen atoms in total. The van der Waals surface area contributed by atoms with E-state index < -0.39 is 10.0 Å². The van der Waals surface area contributed by atoms with Crippen molar-refractivity contribution >= 4 is 10.0 Å². The van der Waals surface area contributed by atoms with Crippen LogP contribution in [-0.4, -0.2) is 53.5 Å². The van der Waals surface area contributed by atoms with Gasteiger partial charge in [-0.2, -0.15) is 0 Å². The molecule has 0 radical (unpaired) electrons. The summed E-state index contributed by atoms with van der Waals surface area (Å²) in [6.07, 6.45) is 1.31. The molecule has 0 N–H and O–H groups in total. The molecule has 2 aliphatic heterocycles. The highest BCUT2D eigenvalue weighted by atomic mass is 32.2. The van der Waals surface area contributed by atoms with E-state index in [0.717, 1.165) is 17.0 Å². The first kappa shape index (κ1) is 18.5. The van der Waals surface area contributed by atoms with E-state index in [2.05, 4.69) is 10.3 Å². The lowest BCUT2D eigenvalue weighted by atomic mass is 9.91. The lowest BCUT2D eigenvalue weighted by Crippen LogP contribution is -2.52. The Morgan fingerprint density at radius 2 is 1.96 bits per heavy atom. The van der Waals surface area contributed by atoms with E-state index in [-0.39, 0.29) is 11.4 Å². The normalized spacial score (nSPS) is 19.9. The summed E-state index contributed by atoms with van der Waals surface area (Å²) in [7, 11) is -1.70. The van der Waals surface area contributed by atoms with Crippen LogP contribution in [0.5, 0.6) is 0 Å². The van der Waals surface area contributed by atoms with E-state index >= 15 is 0 Å². The smallest absolute Gasteiger partial charge is 0.218 e. The molecule has 27 heavy (non-hydrogen) atoms. The monoisotopic (exact) mass is 392 g/mol. The van der Waals surface area contributed by atoms with Crippen molar-refractivity contribution in [2.75, 3.05) is 20.2 Å². The molecular weight excluding hydrogens is 368 g/mol. The van der Waals surface area contributed by atoms with Crippen LogP contribution < -0.4 is 0 Å². The van der Waals surface area contributed by atoms with E-state index in [9.17, 15) is 8.42 Å². The summed E-state index contributed by atoms with van der Waals surface area (Å²) in [5.74, 6) is 0.0370. The molecule has 4 rings (SSSR count). The summed E-state index contributed by atoms with van der Waals surface area (Å²) in [4.78, 5) is 0. The molecule has 1 aromatic heterocycles. The second kappa shape index (κ2) is 7.31. The summed E-state index contributed by atoms with van der Waals surface area (Å²) in [6.45, 7) is 2.37. The van der Waals surface area contributed by atoms with Gasteiger partial charge >= 0.3 is 0 Å². The van der Waals surface area contributed by atoms with Crippen molar-refractivity contribution in [3.05, 3.63) is 47.3 Å². The molecule has 0 saturated carbocycles. The average molecular weight is 392 g/mol. The first-order valence-electron chi connectivity index (χ1n) is 9.07. The van der Waals surface area contributed by atoms with E-state index in [1.807, 2.05) is 35.0 Å². The number of rotatable bonds is 5. The summed E-state index contributed by atoms with van der Waals surface area (Å²) in [5.41, 5.74) is 2.19. The van der Waals surface area contributed by atoms with Crippen LogP contribution >= 0.6 is 0 Å². The first-order valence-corrected chi connectivity index (χ1v) is 10.7. The van der Waals surface area contributed by atoms with Gasteiger partial charge in [-0.15, -0.1) is 5.10 Å². The molecule has 2 aromatic rings. The Balaban J connectivity index is 1.41. The number of piperidine rings is 1. The maximum absolute atomic E-state index is 12.7. The standard InChI is InChI=1S/C18H24N4O4S/c1-25-11-16-17-12-26-18(14-22(17)20-19-16)7-9-21(10-8-18)27(23,24)13-15-5-3-2-4-6-15/h2-6H,7-14H2,1H3. The molecule has 9 heteroatoms. The third-order valence-electron chi connectivity index (χ3n) is 5.37. The molecule has 0 atom stereocenters. The Labute approximate surface area is 159 Å². The minimum absolute atomic E-state index is 0.0370. The Kier molecular flexibility index (Phi) is 5.02. The van der Waals surface area contributed by atoms with E-state index in [1.54, 1.807) is 11.4 Å². The number of benzene rings is 1. The van der Waals surface area contributed by atoms with Crippen LogP contribution in [0.4, 0.5) is 0 Å². The van der Waals surface area contributed by atoms with Gasteiger partial charge < -0.3 is 9.47 Å². The van der Waals surface area contributed by atoms with Gasteiger partial charge in [0.1, 0.15) is 5.69 Å². The quantitative estimate of drug-likeness (QED) is 0.763. The van der Waals surface area contributed by atoms with Crippen LogP contribution in [0, 0.1) is 0 Å². The van der Waals surface area contributed by atoms with Crippen molar-refractivity contribution in [2.24, 2.45) is 0 Å². The zero-order chi connectivity index (χ0) is 18.9. The van der Waals surface area contributed by atoms with Crippen LogP contribution in [0.25, 0.3) is 0 Å². The zero-order valence-corrected chi connectivity index (χ0v) is 16.2. The number of nitrogens with zero attached hydrogens (tertiary/aromatic N) is 4. The third-order valence-corrected chi connectivity index (χ3v) is 7.22. The Morgan fingerprint density at radius 3 is 2.67 bits per heavy atom. The van der Waals surface area contributed by atoms with Gasteiger partial charge in [-0.3, -0.25) is 0 Å². The van der Waals surface area contributed by atoms with Gasteiger partial charge in [0.05, 0.1) is 36.8 Å². The van der Waals surface area contributed by atoms with Crippen LogP contribution in [0.2, 0.25) is 0 Å². The summed E-state index contributed by atoms with van der Waals surface area (Å²) in [5, 5.41) is 8.39. The van der Waals surface area contributed by atoms with Crippen LogP contribution in [0.15, 0.2) is 30.3 Å². The molecule has 1 saturated heterocycles. The molecule has 0 aliphatic carbocycles. The molecule has 2 aliphatic rings. The first-order chi connectivity index (χ1) is 13.0. The number of sulfonamides is 1. The maximum atomic E-state index is 12.7. The fourth-order valence-corrected chi connectivity index (χ4v) is 5.33. The van der Waals surface area contributed by atoms with Crippen molar-refractivity contribution < 1.29 is 17.9 Å². The average Bonchev–Trinajstić information content (AvgIpc) is 3.05. The molecule has 0 bridgehead atoms. The number of aromatic nitrogens is 3. The molecule has 0 unspecified atom stereocenters. The van der Waals surface area contributed by atoms with Crippen molar-refractivity contribution in [3.8, 4) is 0 Å². The number of hydrogen-bond donors (Lipinski definition) is 0. The molecule has 1 spiro atoms. The van der Waals surface area contributed by atoms with E-state index in [0.29, 0.717) is 45.7 Å². The van der Waals surface area contributed by atoms with Crippen LogP contribution in [0.3, 0.4) is 0 Å². The number of methoxy groups -OCH3 is 1.